The molecule has 2 aromatic carbocycles. The predicted octanol–water partition coefficient (Wildman–Crippen LogP) is 3.42. The molecule has 1 saturated heterocycles. The van der Waals surface area contributed by atoms with Gasteiger partial charge in [-0.2, -0.15) is 0 Å². The molecule has 1 atom stereocenters. The molecule has 2 nitrogen and oxygen atoms in total. The highest BCUT2D eigenvalue weighted by Gasteiger charge is 2.22. The second-order valence-electron chi connectivity index (χ2n) is 4.22. The summed E-state index contributed by atoms with van der Waals surface area (Å²) in [6.45, 7) is 0.905. The van der Waals surface area contributed by atoms with Crippen LogP contribution in [-0.4, -0.2) is 12.7 Å². The minimum absolute atomic E-state index is 0.441. The molecular weight excluding hydrogens is 212 g/mol. The fourth-order valence-electron chi connectivity index (χ4n) is 1.77. The van der Waals surface area contributed by atoms with Crippen LogP contribution in [0.25, 0.3) is 0 Å². The smallest absolute Gasteiger partial charge is 0.127 e. The molecule has 1 fully saturated rings. The van der Waals surface area contributed by atoms with Gasteiger partial charge in [0.1, 0.15) is 11.5 Å². The monoisotopic (exact) mass is 226 g/mol. The molecule has 0 spiro atoms. The van der Waals surface area contributed by atoms with Crippen molar-refractivity contribution in [1.29, 1.82) is 0 Å². The Morgan fingerprint density at radius 3 is 2.24 bits per heavy atom. The van der Waals surface area contributed by atoms with Gasteiger partial charge in [0, 0.05) is 6.42 Å². The number of benzene rings is 2. The molecule has 0 radical (unpaired) electrons. The molecule has 0 aliphatic carbocycles. The van der Waals surface area contributed by atoms with E-state index < -0.39 is 0 Å². The maximum Gasteiger partial charge on any atom is 0.127 e. The molecule has 2 aromatic rings. The first-order valence-corrected chi connectivity index (χ1v) is 5.83. The predicted molar refractivity (Wildman–Crippen MR) is 66.4 cm³/mol. The van der Waals surface area contributed by atoms with Crippen molar-refractivity contribution in [2.45, 2.75) is 12.5 Å². The summed E-state index contributed by atoms with van der Waals surface area (Å²) in [6, 6.07) is 18.0. The van der Waals surface area contributed by atoms with Gasteiger partial charge in [-0.1, -0.05) is 30.3 Å². The minimum atomic E-state index is 0.441. The van der Waals surface area contributed by atoms with Crippen LogP contribution in [0.4, 0.5) is 0 Å². The molecule has 0 bridgehead atoms. The Bertz CT molecular complexity index is 472. The van der Waals surface area contributed by atoms with Crippen LogP contribution < -0.4 is 4.74 Å². The van der Waals surface area contributed by atoms with Gasteiger partial charge >= 0.3 is 0 Å². The Labute approximate surface area is 101 Å². The Kier molecular flexibility index (Phi) is 2.80. The molecule has 2 heteroatoms. The van der Waals surface area contributed by atoms with Crippen LogP contribution in [0, 0.1) is 0 Å². The lowest BCUT2D eigenvalue weighted by Gasteiger charge is -2.06. The lowest BCUT2D eigenvalue weighted by molar-refractivity contribution is 0.407. The van der Waals surface area contributed by atoms with Crippen molar-refractivity contribution in [2.24, 2.45) is 0 Å². The molecule has 1 aliphatic rings. The lowest BCUT2D eigenvalue weighted by atomic mass is 10.1. The number of rotatable bonds is 4. The van der Waals surface area contributed by atoms with Gasteiger partial charge in [-0.15, -0.1) is 0 Å². The lowest BCUT2D eigenvalue weighted by Crippen LogP contribution is -1.92. The molecular formula is C15H14O2. The summed E-state index contributed by atoms with van der Waals surface area (Å²) in [4.78, 5) is 0. The molecule has 0 aromatic heterocycles. The number of ether oxygens (including phenoxy) is 2. The molecule has 0 N–H and O–H groups in total. The topological polar surface area (TPSA) is 21.8 Å². The van der Waals surface area contributed by atoms with Crippen molar-refractivity contribution in [1.82, 2.24) is 0 Å². The molecule has 0 saturated carbocycles. The van der Waals surface area contributed by atoms with Crippen LogP contribution in [0.1, 0.15) is 5.56 Å². The zero-order valence-corrected chi connectivity index (χ0v) is 9.50. The van der Waals surface area contributed by atoms with E-state index in [4.69, 9.17) is 9.47 Å². The molecule has 0 amide bonds. The Morgan fingerprint density at radius 2 is 1.59 bits per heavy atom. The Balaban J connectivity index is 1.67. The SMILES string of the molecule is c1ccc(Oc2ccc(CC3CO3)cc2)cc1. The maximum atomic E-state index is 5.72. The van der Waals surface area contributed by atoms with E-state index in [1.165, 1.54) is 5.56 Å². The van der Waals surface area contributed by atoms with Crippen LogP contribution in [0.2, 0.25) is 0 Å². The third-order valence-electron chi connectivity index (χ3n) is 2.77. The van der Waals surface area contributed by atoms with Gasteiger partial charge in [-0.05, 0) is 29.8 Å². The Morgan fingerprint density at radius 1 is 0.941 bits per heavy atom. The van der Waals surface area contributed by atoms with Gasteiger partial charge in [0.2, 0.25) is 0 Å². The first kappa shape index (κ1) is 10.4. The zero-order chi connectivity index (χ0) is 11.5. The van der Waals surface area contributed by atoms with Crippen molar-refractivity contribution in [2.75, 3.05) is 6.61 Å². The summed E-state index contributed by atoms with van der Waals surface area (Å²) in [6.07, 6.45) is 1.45. The molecule has 3 rings (SSSR count). The van der Waals surface area contributed by atoms with Gasteiger partial charge in [-0.25, -0.2) is 0 Å². The van der Waals surface area contributed by atoms with E-state index in [0.717, 1.165) is 24.5 Å². The molecule has 86 valence electrons. The fourth-order valence-corrected chi connectivity index (χ4v) is 1.77. The summed E-state index contributed by atoms with van der Waals surface area (Å²) in [5.41, 5.74) is 1.30. The van der Waals surface area contributed by atoms with E-state index in [-0.39, 0.29) is 0 Å². The van der Waals surface area contributed by atoms with Crippen LogP contribution in [-0.2, 0) is 11.2 Å². The van der Waals surface area contributed by atoms with Crippen molar-refractivity contribution >= 4 is 0 Å². The largest absolute Gasteiger partial charge is 0.457 e. The van der Waals surface area contributed by atoms with E-state index in [2.05, 4.69) is 12.1 Å². The van der Waals surface area contributed by atoms with E-state index in [1.807, 2.05) is 42.5 Å². The number of hydrogen-bond donors (Lipinski definition) is 0. The van der Waals surface area contributed by atoms with Crippen LogP contribution in [0.5, 0.6) is 11.5 Å². The summed E-state index contributed by atoms with van der Waals surface area (Å²) < 4.78 is 10.9. The quantitative estimate of drug-likeness (QED) is 0.745. The first-order chi connectivity index (χ1) is 8.40. The number of hydrogen-bond acceptors (Lipinski definition) is 2. The van der Waals surface area contributed by atoms with Gasteiger partial charge in [0.25, 0.3) is 0 Å². The summed E-state index contributed by atoms with van der Waals surface area (Å²) >= 11 is 0. The summed E-state index contributed by atoms with van der Waals surface area (Å²) in [7, 11) is 0. The van der Waals surface area contributed by atoms with Crippen molar-refractivity contribution in [3.8, 4) is 11.5 Å². The first-order valence-electron chi connectivity index (χ1n) is 5.83. The molecule has 1 unspecified atom stereocenters. The maximum absolute atomic E-state index is 5.72. The van der Waals surface area contributed by atoms with Gasteiger partial charge in [-0.3, -0.25) is 0 Å². The highest BCUT2D eigenvalue weighted by molar-refractivity contribution is 5.33. The standard InChI is InChI=1S/C15H14O2/c1-2-4-13(5-3-1)17-14-8-6-12(7-9-14)10-15-11-16-15/h1-9,15H,10-11H2. The van der Waals surface area contributed by atoms with Crippen LogP contribution in [0.3, 0.4) is 0 Å². The Hall–Kier alpha value is -1.80. The van der Waals surface area contributed by atoms with Crippen LogP contribution >= 0.6 is 0 Å². The van der Waals surface area contributed by atoms with Crippen molar-refractivity contribution in [3.63, 3.8) is 0 Å². The minimum Gasteiger partial charge on any atom is -0.457 e. The van der Waals surface area contributed by atoms with Gasteiger partial charge in [0.15, 0.2) is 0 Å². The average molecular weight is 226 g/mol. The van der Waals surface area contributed by atoms with E-state index in [0.29, 0.717) is 6.10 Å². The summed E-state index contributed by atoms with van der Waals surface area (Å²) in [5.74, 6) is 1.74. The van der Waals surface area contributed by atoms with Gasteiger partial charge in [0.05, 0.1) is 12.7 Å². The van der Waals surface area contributed by atoms with E-state index >= 15 is 0 Å². The van der Waals surface area contributed by atoms with E-state index in [1.54, 1.807) is 0 Å². The summed E-state index contributed by atoms with van der Waals surface area (Å²) in [5, 5.41) is 0. The third kappa shape index (κ3) is 2.86. The molecule has 17 heavy (non-hydrogen) atoms. The van der Waals surface area contributed by atoms with E-state index in [9.17, 15) is 0 Å². The van der Waals surface area contributed by atoms with Gasteiger partial charge < -0.3 is 9.47 Å². The molecule has 1 aliphatic heterocycles. The van der Waals surface area contributed by atoms with Crippen molar-refractivity contribution in [3.05, 3.63) is 60.2 Å². The average Bonchev–Trinajstić information content (AvgIpc) is 3.17. The number of para-hydroxylation sites is 1. The second-order valence-corrected chi connectivity index (χ2v) is 4.22. The normalized spacial score (nSPS) is 17.8. The third-order valence-corrected chi connectivity index (χ3v) is 2.77. The zero-order valence-electron chi connectivity index (χ0n) is 9.50. The second kappa shape index (κ2) is 4.60. The highest BCUT2D eigenvalue weighted by Crippen LogP contribution is 2.23. The fraction of sp³-hybridized carbons (Fsp3) is 0.200. The van der Waals surface area contributed by atoms with Crippen molar-refractivity contribution < 1.29 is 9.47 Å². The number of epoxide rings is 1. The highest BCUT2D eigenvalue weighted by atomic mass is 16.6. The molecule has 1 heterocycles. The van der Waals surface area contributed by atoms with Crippen LogP contribution in [0.15, 0.2) is 54.6 Å².